The first-order valence-corrected chi connectivity index (χ1v) is 9.05. The molecule has 4 aromatic rings. The van der Waals surface area contributed by atoms with Gasteiger partial charge in [0.2, 0.25) is 17.0 Å². The van der Waals surface area contributed by atoms with Gasteiger partial charge >= 0.3 is 11.8 Å². The van der Waals surface area contributed by atoms with E-state index in [1.165, 1.54) is 18.6 Å². The van der Waals surface area contributed by atoms with Crippen LogP contribution < -0.4 is 15.5 Å². The number of aryl methyl sites for hydroxylation is 1. The van der Waals surface area contributed by atoms with Crippen LogP contribution in [0.3, 0.4) is 0 Å². The van der Waals surface area contributed by atoms with Gasteiger partial charge in [-0.15, -0.1) is 0 Å². The average Bonchev–Trinajstić information content (AvgIpc) is 3.44. The SMILES string of the molecule is Cc1occc(=O)c1OCc1ccc(-c2noc(C(=O)NCc3ccco3)n2)cc1. The summed E-state index contributed by atoms with van der Waals surface area (Å²) in [5, 5.41) is 6.48. The van der Waals surface area contributed by atoms with E-state index in [4.69, 9.17) is 18.1 Å². The van der Waals surface area contributed by atoms with Crippen molar-refractivity contribution < 1.29 is 22.9 Å². The van der Waals surface area contributed by atoms with Crippen molar-refractivity contribution in [3.63, 3.8) is 0 Å². The fraction of sp³-hybridized carbons (Fsp3) is 0.143. The highest BCUT2D eigenvalue weighted by Crippen LogP contribution is 2.18. The Morgan fingerprint density at radius 1 is 1.10 bits per heavy atom. The molecule has 0 fully saturated rings. The molecule has 9 heteroatoms. The third-order valence-electron chi connectivity index (χ3n) is 4.23. The first kappa shape index (κ1) is 19.2. The Bertz CT molecular complexity index is 1190. The lowest BCUT2D eigenvalue weighted by Gasteiger charge is -2.07. The second kappa shape index (κ2) is 8.48. The van der Waals surface area contributed by atoms with Crippen molar-refractivity contribution in [2.45, 2.75) is 20.1 Å². The molecule has 0 aliphatic rings. The van der Waals surface area contributed by atoms with Gasteiger partial charge in [0.25, 0.3) is 0 Å². The zero-order valence-corrected chi connectivity index (χ0v) is 16.0. The minimum Gasteiger partial charge on any atom is -0.482 e. The van der Waals surface area contributed by atoms with E-state index in [1.807, 2.05) is 12.1 Å². The molecule has 0 unspecified atom stereocenters. The molecule has 0 saturated heterocycles. The minimum absolute atomic E-state index is 0.143. The second-order valence-electron chi connectivity index (χ2n) is 6.34. The maximum absolute atomic E-state index is 12.1. The Kier molecular flexibility index (Phi) is 5.42. The standard InChI is InChI=1S/C21H17N3O6/c1-13-18(17(25)8-10-27-13)29-12-14-4-6-15(7-5-14)19-23-21(30-24-19)20(26)22-11-16-3-2-9-28-16/h2-10H,11-12H2,1H3,(H,22,26). The fourth-order valence-electron chi connectivity index (χ4n) is 2.67. The molecule has 0 aliphatic heterocycles. The predicted octanol–water partition coefficient (Wildman–Crippen LogP) is 3.10. The molecular weight excluding hydrogens is 390 g/mol. The van der Waals surface area contributed by atoms with Crippen molar-refractivity contribution in [2.24, 2.45) is 0 Å². The summed E-state index contributed by atoms with van der Waals surface area (Å²) >= 11 is 0. The molecule has 30 heavy (non-hydrogen) atoms. The Hall–Kier alpha value is -4.14. The van der Waals surface area contributed by atoms with Gasteiger partial charge in [-0.3, -0.25) is 9.59 Å². The van der Waals surface area contributed by atoms with Crippen molar-refractivity contribution >= 4 is 5.91 Å². The van der Waals surface area contributed by atoms with Crippen molar-refractivity contribution in [1.29, 1.82) is 0 Å². The summed E-state index contributed by atoms with van der Waals surface area (Å²) in [6, 6.07) is 11.9. The van der Waals surface area contributed by atoms with E-state index in [9.17, 15) is 9.59 Å². The molecule has 0 radical (unpaired) electrons. The smallest absolute Gasteiger partial charge is 0.316 e. The van der Waals surface area contributed by atoms with E-state index in [0.29, 0.717) is 17.1 Å². The zero-order valence-electron chi connectivity index (χ0n) is 16.0. The molecule has 1 amide bonds. The topological polar surface area (TPSA) is 121 Å². The second-order valence-corrected chi connectivity index (χ2v) is 6.34. The number of benzene rings is 1. The number of rotatable bonds is 7. The van der Waals surface area contributed by atoms with Crippen molar-refractivity contribution in [3.8, 4) is 17.1 Å². The summed E-state index contributed by atoms with van der Waals surface area (Å²) in [5.41, 5.74) is 1.27. The van der Waals surface area contributed by atoms with Crippen LogP contribution in [0, 0.1) is 6.92 Å². The predicted molar refractivity (Wildman–Crippen MR) is 104 cm³/mol. The molecule has 3 heterocycles. The van der Waals surface area contributed by atoms with Gasteiger partial charge in [0.15, 0.2) is 0 Å². The molecule has 0 bridgehead atoms. The quantitative estimate of drug-likeness (QED) is 0.496. The number of aromatic nitrogens is 2. The molecule has 1 N–H and O–H groups in total. The first-order chi connectivity index (χ1) is 14.6. The average molecular weight is 407 g/mol. The highest BCUT2D eigenvalue weighted by Gasteiger charge is 2.16. The van der Waals surface area contributed by atoms with Crippen molar-refractivity contribution in [3.05, 3.63) is 88.2 Å². The van der Waals surface area contributed by atoms with E-state index in [1.54, 1.807) is 31.2 Å². The van der Waals surface area contributed by atoms with Gasteiger partial charge in [0, 0.05) is 11.6 Å². The number of amides is 1. The van der Waals surface area contributed by atoms with Gasteiger partial charge in [-0.05, 0) is 24.6 Å². The normalized spacial score (nSPS) is 10.7. The number of hydrogen-bond acceptors (Lipinski definition) is 8. The molecule has 0 aliphatic carbocycles. The van der Waals surface area contributed by atoms with E-state index >= 15 is 0 Å². The van der Waals surface area contributed by atoms with Gasteiger partial charge in [-0.2, -0.15) is 4.98 Å². The first-order valence-electron chi connectivity index (χ1n) is 9.05. The van der Waals surface area contributed by atoms with E-state index < -0.39 is 5.91 Å². The van der Waals surface area contributed by atoms with E-state index in [2.05, 4.69) is 15.5 Å². The molecule has 0 atom stereocenters. The van der Waals surface area contributed by atoms with Gasteiger partial charge in [0.1, 0.15) is 18.1 Å². The van der Waals surface area contributed by atoms with Crippen LogP contribution in [0.1, 0.15) is 27.8 Å². The summed E-state index contributed by atoms with van der Waals surface area (Å²) in [7, 11) is 0. The van der Waals surface area contributed by atoms with Crippen LogP contribution in [0.2, 0.25) is 0 Å². The monoisotopic (exact) mass is 407 g/mol. The molecule has 9 nitrogen and oxygen atoms in total. The Morgan fingerprint density at radius 3 is 2.67 bits per heavy atom. The van der Waals surface area contributed by atoms with Crippen LogP contribution in [-0.2, 0) is 13.2 Å². The van der Waals surface area contributed by atoms with E-state index in [0.717, 1.165) is 5.56 Å². The summed E-state index contributed by atoms with van der Waals surface area (Å²) in [6.45, 7) is 2.08. The summed E-state index contributed by atoms with van der Waals surface area (Å²) in [6.07, 6.45) is 2.85. The largest absolute Gasteiger partial charge is 0.482 e. The fourth-order valence-corrected chi connectivity index (χ4v) is 2.67. The Morgan fingerprint density at radius 2 is 1.93 bits per heavy atom. The molecule has 1 aromatic carbocycles. The Balaban J connectivity index is 1.38. The Labute approximate surface area is 170 Å². The molecule has 0 spiro atoms. The third kappa shape index (κ3) is 4.30. The number of nitrogens with zero attached hydrogens (tertiary/aromatic N) is 2. The maximum atomic E-state index is 12.1. The lowest BCUT2D eigenvalue weighted by molar-refractivity contribution is 0.0904. The molecule has 4 rings (SSSR count). The zero-order chi connectivity index (χ0) is 20.9. The molecule has 3 aromatic heterocycles. The summed E-state index contributed by atoms with van der Waals surface area (Å²) < 4.78 is 20.9. The number of furan rings is 1. The molecule has 152 valence electrons. The number of hydrogen-bond donors (Lipinski definition) is 1. The summed E-state index contributed by atoms with van der Waals surface area (Å²) in [4.78, 5) is 28.1. The number of carbonyl (C=O) groups is 1. The van der Waals surface area contributed by atoms with Crippen LogP contribution in [-0.4, -0.2) is 16.0 Å². The minimum atomic E-state index is -0.493. The third-order valence-corrected chi connectivity index (χ3v) is 4.23. The van der Waals surface area contributed by atoms with E-state index in [-0.39, 0.29) is 36.0 Å². The highest BCUT2D eigenvalue weighted by molar-refractivity contribution is 5.89. The van der Waals surface area contributed by atoms with Crippen LogP contribution >= 0.6 is 0 Å². The van der Waals surface area contributed by atoms with Crippen molar-refractivity contribution in [1.82, 2.24) is 15.5 Å². The van der Waals surface area contributed by atoms with Gasteiger partial charge < -0.3 is 23.4 Å². The van der Waals surface area contributed by atoms with Crippen LogP contribution in [0.25, 0.3) is 11.4 Å². The van der Waals surface area contributed by atoms with Gasteiger partial charge in [0.05, 0.1) is 19.1 Å². The lowest BCUT2D eigenvalue weighted by Crippen LogP contribution is -2.22. The maximum Gasteiger partial charge on any atom is 0.316 e. The van der Waals surface area contributed by atoms with Crippen LogP contribution in [0.15, 0.2) is 73.1 Å². The number of carbonyl (C=O) groups excluding carboxylic acids is 1. The van der Waals surface area contributed by atoms with Gasteiger partial charge in [-0.25, -0.2) is 0 Å². The van der Waals surface area contributed by atoms with Crippen LogP contribution in [0.4, 0.5) is 0 Å². The number of nitrogens with one attached hydrogen (secondary N) is 1. The van der Waals surface area contributed by atoms with Crippen molar-refractivity contribution in [2.75, 3.05) is 0 Å². The number of ether oxygens (including phenoxy) is 1. The lowest BCUT2D eigenvalue weighted by atomic mass is 10.1. The molecule has 0 saturated carbocycles. The van der Waals surface area contributed by atoms with Gasteiger partial charge in [-0.1, -0.05) is 29.4 Å². The molecular formula is C21H17N3O6. The highest BCUT2D eigenvalue weighted by atomic mass is 16.5. The van der Waals surface area contributed by atoms with Crippen LogP contribution in [0.5, 0.6) is 5.75 Å². The summed E-state index contributed by atoms with van der Waals surface area (Å²) in [5.74, 6) is 0.866.